The first-order valence-electron chi connectivity index (χ1n) is 7.01. The molecule has 3 N–H and O–H groups in total. The van der Waals surface area contributed by atoms with E-state index in [2.05, 4.69) is 18.2 Å². The molecule has 0 saturated carbocycles. The second kappa shape index (κ2) is 5.23. The first kappa shape index (κ1) is 14.5. The third kappa shape index (κ3) is 2.00. The van der Waals surface area contributed by atoms with Gasteiger partial charge in [-0.15, -0.1) is 0 Å². The van der Waals surface area contributed by atoms with Crippen molar-refractivity contribution < 1.29 is 9.84 Å². The van der Waals surface area contributed by atoms with Crippen LogP contribution in [0, 0.1) is 5.92 Å². The van der Waals surface area contributed by atoms with Gasteiger partial charge in [0.25, 0.3) is 0 Å². The normalized spacial score (nSPS) is 25.4. The van der Waals surface area contributed by atoms with Gasteiger partial charge in [-0.3, -0.25) is 0 Å². The van der Waals surface area contributed by atoms with E-state index >= 15 is 0 Å². The van der Waals surface area contributed by atoms with Gasteiger partial charge in [0.2, 0.25) is 0 Å². The molecule has 0 aromatic heterocycles. The number of fused-ring (bicyclic) bond motifs is 1. The van der Waals surface area contributed by atoms with Crippen molar-refractivity contribution in [1.29, 1.82) is 0 Å². The molecule has 0 fully saturated rings. The molecule has 0 saturated heterocycles. The summed E-state index contributed by atoms with van der Waals surface area (Å²) in [4.78, 5) is 0. The number of nitrogens with two attached hydrogens (primary N) is 1. The van der Waals surface area contributed by atoms with E-state index in [9.17, 15) is 5.11 Å². The molecule has 106 valence electrons. The van der Waals surface area contributed by atoms with Crippen LogP contribution in [0.4, 0.5) is 0 Å². The van der Waals surface area contributed by atoms with E-state index in [1.165, 1.54) is 11.1 Å². The number of hydrogen-bond donors (Lipinski definition) is 2. The number of methoxy groups -OCH3 is 1. The summed E-state index contributed by atoms with van der Waals surface area (Å²) in [5, 5.41) is 11.3. The topological polar surface area (TPSA) is 55.5 Å². The Labute approximate surface area is 115 Å². The summed E-state index contributed by atoms with van der Waals surface area (Å²) in [5.74, 6) is 0.0853. The van der Waals surface area contributed by atoms with Gasteiger partial charge in [-0.2, -0.15) is 0 Å². The molecule has 3 heteroatoms. The summed E-state index contributed by atoms with van der Waals surface area (Å²) in [6, 6.07) is 8.33. The summed E-state index contributed by atoms with van der Waals surface area (Å²) in [7, 11) is 1.64. The Hall–Kier alpha value is -0.900. The number of rotatable bonds is 5. The molecule has 2 unspecified atom stereocenters. The Kier molecular flexibility index (Phi) is 4.00. The van der Waals surface area contributed by atoms with Gasteiger partial charge < -0.3 is 15.6 Å². The van der Waals surface area contributed by atoms with Crippen molar-refractivity contribution in [3.63, 3.8) is 0 Å². The zero-order chi connectivity index (χ0) is 14.1. The fraction of sp³-hybridized carbons (Fsp3) is 0.625. The van der Waals surface area contributed by atoms with E-state index < -0.39 is 11.0 Å². The Morgan fingerprint density at radius 1 is 1.42 bits per heavy atom. The molecule has 0 amide bonds. The van der Waals surface area contributed by atoms with Crippen LogP contribution in [-0.2, 0) is 16.6 Å². The lowest BCUT2D eigenvalue weighted by atomic mass is 9.63. The summed E-state index contributed by atoms with van der Waals surface area (Å²) >= 11 is 0. The van der Waals surface area contributed by atoms with Crippen molar-refractivity contribution in [2.75, 3.05) is 20.3 Å². The molecule has 0 radical (unpaired) electrons. The molecule has 2 rings (SSSR count). The number of aliphatic hydroxyl groups is 1. The standard InChI is InChI=1S/C16H25NO2/c1-12(2)16(18,11-19-3)15(10-17)9-8-13-6-4-5-7-14(13)15/h4-7,12,18H,8-11,17H2,1-3H3. The van der Waals surface area contributed by atoms with Crippen molar-refractivity contribution in [2.45, 2.75) is 37.7 Å². The summed E-state index contributed by atoms with van der Waals surface area (Å²) in [5.41, 5.74) is 7.31. The average molecular weight is 263 g/mol. The van der Waals surface area contributed by atoms with Crippen molar-refractivity contribution in [2.24, 2.45) is 11.7 Å². The highest BCUT2D eigenvalue weighted by atomic mass is 16.5. The molecule has 1 aliphatic carbocycles. The summed E-state index contributed by atoms with van der Waals surface area (Å²) in [6.45, 7) is 4.84. The average Bonchev–Trinajstić information content (AvgIpc) is 2.79. The van der Waals surface area contributed by atoms with Crippen LogP contribution in [0.15, 0.2) is 24.3 Å². The number of benzene rings is 1. The zero-order valence-electron chi connectivity index (χ0n) is 12.1. The monoisotopic (exact) mass is 263 g/mol. The molecule has 1 aromatic carbocycles. The minimum absolute atomic E-state index is 0.0853. The van der Waals surface area contributed by atoms with E-state index in [4.69, 9.17) is 10.5 Å². The van der Waals surface area contributed by atoms with E-state index in [-0.39, 0.29) is 5.92 Å². The quantitative estimate of drug-likeness (QED) is 0.852. The predicted molar refractivity (Wildman–Crippen MR) is 77.2 cm³/mol. The lowest BCUT2D eigenvalue weighted by Gasteiger charge is -2.47. The highest BCUT2D eigenvalue weighted by molar-refractivity contribution is 5.43. The van der Waals surface area contributed by atoms with E-state index in [1.54, 1.807) is 7.11 Å². The predicted octanol–water partition coefficient (Wildman–Crippen LogP) is 1.86. The number of hydrogen-bond acceptors (Lipinski definition) is 3. The molecule has 19 heavy (non-hydrogen) atoms. The Bertz CT molecular complexity index is 446. The Morgan fingerprint density at radius 2 is 2.11 bits per heavy atom. The summed E-state index contributed by atoms with van der Waals surface area (Å²) < 4.78 is 5.32. The van der Waals surface area contributed by atoms with Gasteiger partial charge in [0.15, 0.2) is 0 Å². The maximum absolute atomic E-state index is 11.3. The van der Waals surface area contributed by atoms with E-state index in [0.717, 1.165) is 12.8 Å². The number of aryl methyl sites for hydroxylation is 1. The maximum Gasteiger partial charge on any atom is 0.101 e. The van der Waals surface area contributed by atoms with Crippen LogP contribution >= 0.6 is 0 Å². The van der Waals surface area contributed by atoms with Gasteiger partial charge in [0.1, 0.15) is 5.60 Å². The minimum Gasteiger partial charge on any atom is -0.386 e. The van der Waals surface area contributed by atoms with Crippen molar-refractivity contribution >= 4 is 0 Å². The van der Waals surface area contributed by atoms with Gasteiger partial charge in [0, 0.05) is 19.1 Å². The van der Waals surface area contributed by atoms with Gasteiger partial charge in [-0.1, -0.05) is 38.1 Å². The van der Waals surface area contributed by atoms with E-state index in [0.29, 0.717) is 13.2 Å². The third-order valence-electron chi connectivity index (χ3n) is 4.85. The lowest BCUT2D eigenvalue weighted by Crippen LogP contribution is -2.60. The van der Waals surface area contributed by atoms with Crippen LogP contribution in [0.2, 0.25) is 0 Å². The fourth-order valence-corrected chi connectivity index (χ4v) is 3.60. The molecule has 2 atom stereocenters. The third-order valence-corrected chi connectivity index (χ3v) is 4.85. The molecular formula is C16H25NO2. The van der Waals surface area contributed by atoms with Gasteiger partial charge in [-0.25, -0.2) is 0 Å². The first-order chi connectivity index (χ1) is 9.02. The van der Waals surface area contributed by atoms with Crippen LogP contribution in [0.25, 0.3) is 0 Å². The molecule has 0 heterocycles. The van der Waals surface area contributed by atoms with Gasteiger partial charge in [0.05, 0.1) is 6.61 Å². The van der Waals surface area contributed by atoms with Crippen LogP contribution < -0.4 is 5.73 Å². The molecule has 0 spiro atoms. The molecule has 3 nitrogen and oxygen atoms in total. The van der Waals surface area contributed by atoms with Crippen LogP contribution in [0.5, 0.6) is 0 Å². The zero-order valence-corrected chi connectivity index (χ0v) is 12.1. The Balaban J connectivity index is 2.55. The molecule has 1 aromatic rings. The van der Waals surface area contributed by atoms with Crippen molar-refractivity contribution in [3.8, 4) is 0 Å². The van der Waals surface area contributed by atoms with Crippen LogP contribution in [0.1, 0.15) is 31.4 Å². The molecule has 0 aliphatic heterocycles. The second-order valence-corrected chi connectivity index (χ2v) is 5.96. The van der Waals surface area contributed by atoms with Crippen molar-refractivity contribution in [1.82, 2.24) is 0 Å². The molecule has 1 aliphatic rings. The largest absolute Gasteiger partial charge is 0.386 e. The van der Waals surface area contributed by atoms with E-state index in [1.807, 2.05) is 19.9 Å². The Morgan fingerprint density at radius 3 is 2.68 bits per heavy atom. The van der Waals surface area contributed by atoms with Crippen LogP contribution in [0.3, 0.4) is 0 Å². The van der Waals surface area contributed by atoms with Gasteiger partial charge >= 0.3 is 0 Å². The highest BCUT2D eigenvalue weighted by Gasteiger charge is 2.55. The second-order valence-electron chi connectivity index (χ2n) is 5.96. The van der Waals surface area contributed by atoms with Gasteiger partial charge in [-0.05, 0) is 29.9 Å². The highest BCUT2D eigenvalue weighted by Crippen LogP contribution is 2.48. The SMILES string of the molecule is COCC(O)(C(C)C)C1(CN)CCc2ccccc21. The number of ether oxygens (including phenoxy) is 1. The lowest BCUT2D eigenvalue weighted by molar-refractivity contribution is -0.119. The maximum atomic E-state index is 11.3. The van der Waals surface area contributed by atoms with Crippen molar-refractivity contribution in [3.05, 3.63) is 35.4 Å². The minimum atomic E-state index is -0.927. The molecular weight excluding hydrogens is 238 g/mol. The fourth-order valence-electron chi connectivity index (χ4n) is 3.60. The van der Waals surface area contributed by atoms with Crippen LogP contribution in [-0.4, -0.2) is 31.0 Å². The molecule has 0 bridgehead atoms. The first-order valence-corrected chi connectivity index (χ1v) is 7.01. The summed E-state index contributed by atoms with van der Waals surface area (Å²) in [6.07, 6.45) is 1.87. The smallest absolute Gasteiger partial charge is 0.101 e.